The Hall–Kier alpha value is -1.14. The molecule has 0 bridgehead atoms. The van der Waals surface area contributed by atoms with Crippen LogP contribution in [-0.2, 0) is 9.53 Å². The Labute approximate surface area is 139 Å². The summed E-state index contributed by atoms with van der Waals surface area (Å²) < 4.78 is 4.98. The number of hydrogen-bond acceptors (Lipinski definition) is 4. The molecule has 5 nitrogen and oxygen atoms in total. The molecule has 0 spiro atoms. The number of likely N-dealkylation sites (N-methyl/N-ethyl adjacent to an activating group) is 1. The van der Waals surface area contributed by atoms with Gasteiger partial charge < -0.3 is 19.9 Å². The molecule has 6 heteroatoms. The first-order valence-corrected chi connectivity index (χ1v) is 7.45. The third-order valence-electron chi connectivity index (χ3n) is 3.85. The van der Waals surface area contributed by atoms with E-state index < -0.39 is 0 Å². The average molecular weight is 328 g/mol. The minimum absolute atomic E-state index is 0. The van der Waals surface area contributed by atoms with Crippen LogP contribution in [0.2, 0.25) is 0 Å². The van der Waals surface area contributed by atoms with E-state index in [1.54, 1.807) is 7.11 Å². The highest BCUT2D eigenvalue weighted by Crippen LogP contribution is 2.24. The Kier molecular flexibility index (Phi) is 8.42. The van der Waals surface area contributed by atoms with Crippen molar-refractivity contribution < 1.29 is 9.53 Å². The molecular formula is C16H26ClN3O2. The van der Waals surface area contributed by atoms with E-state index in [9.17, 15) is 4.79 Å². The minimum atomic E-state index is 0. The first kappa shape index (κ1) is 18.9. The van der Waals surface area contributed by atoms with Crippen LogP contribution in [0.3, 0.4) is 0 Å². The molecule has 0 saturated carbocycles. The van der Waals surface area contributed by atoms with E-state index in [1.165, 1.54) is 5.56 Å². The van der Waals surface area contributed by atoms with Gasteiger partial charge in [0.05, 0.1) is 19.2 Å². The van der Waals surface area contributed by atoms with Gasteiger partial charge in [0, 0.05) is 33.3 Å². The van der Waals surface area contributed by atoms with E-state index in [1.807, 2.05) is 23.1 Å². The monoisotopic (exact) mass is 327 g/mol. The van der Waals surface area contributed by atoms with E-state index in [4.69, 9.17) is 4.74 Å². The number of nitrogens with zero attached hydrogens (tertiary/aromatic N) is 2. The van der Waals surface area contributed by atoms with Crippen LogP contribution in [-0.4, -0.2) is 69.2 Å². The van der Waals surface area contributed by atoms with Crippen molar-refractivity contribution in [2.24, 2.45) is 0 Å². The molecule has 1 N–H and O–H groups in total. The van der Waals surface area contributed by atoms with Crippen molar-refractivity contribution in [2.45, 2.75) is 6.04 Å². The number of methoxy groups -OCH3 is 1. The van der Waals surface area contributed by atoms with Crippen molar-refractivity contribution in [3.05, 3.63) is 35.9 Å². The van der Waals surface area contributed by atoms with Crippen LogP contribution in [0.1, 0.15) is 11.6 Å². The van der Waals surface area contributed by atoms with Gasteiger partial charge in [0.25, 0.3) is 0 Å². The number of carbonyl (C=O) groups is 1. The topological polar surface area (TPSA) is 44.8 Å². The minimum Gasteiger partial charge on any atom is -0.383 e. The predicted octanol–water partition coefficient (Wildman–Crippen LogP) is 1.16. The molecule has 1 aromatic carbocycles. The van der Waals surface area contributed by atoms with Gasteiger partial charge in [0.1, 0.15) is 0 Å². The third-order valence-corrected chi connectivity index (χ3v) is 3.85. The Morgan fingerprint density at radius 3 is 2.73 bits per heavy atom. The lowest BCUT2D eigenvalue weighted by Gasteiger charge is -2.40. The lowest BCUT2D eigenvalue weighted by atomic mass is 10.0. The summed E-state index contributed by atoms with van der Waals surface area (Å²) in [6, 6.07) is 10.4. The Bertz CT molecular complexity index is 444. The van der Waals surface area contributed by atoms with Gasteiger partial charge in [-0.25, -0.2) is 0 Å². The summed E-state index contributed by atoms with van der Waals surface area (Å²) in [7, 11) is 3.77. The number of hydrogen-bond donors (Lipinski definition) is 1. The van der Waals surface area contributed by atoms with Gasteiger partial charge in [0.15, 0.2) is 0 Å². The molecule has 124 valence electrons. The zero-order valence-electron chi connectivity index (χ0n) is 13.3. The molecule has 2 rings (SSSR count). The highest BCUT2D eigenvalue weighted by atomic mass is 35.5. The van der Waals surface area contributed by atoms with Crippen molar-refractivity contribution >= 4 is 18.3 Å². The average Bonchev–Trinajstić information content (AvgIpc) is 2.52. The number of halogens is 1. The van der Waals surface area contributed by atoms with Crippen LogP contribution in [0.5, 0.6) is 0 Å². The van der Waals surface area contributed by atoms with Gasteiger partial charge >= 0.3 is 0 Å². The fourth-order valence-electron chi connectivity index (χ4n) is 2.65. The van der Waals surface area contributed by atoms with Crippen LogP contribution < -0.4 is 5.32 Å². The van der Waals surface area contributed by atoms with Crippen LogP contribution in [0.4, 0.5) is 0 Å². The van der Waals surface area contributed by atoms with E-state index >= 15 is 0 Å². The SMILES string of the molecule is COCCNCC(=O)N1CCN(C)CC1c1ccccc1.Cl. The van der Waals surface area contributed by atoms with Gasteiger partial charge in [-0.15, -0.1) is 12.4 Å². The zero-order valence-corrected chi connectivity index (χ0v) is 14.1. The maximum atomic E-state index is 12.5. The summed E-state index contributed by atoms with van der Waals surface area (Å²) in [6.45, 7) is 4.28. The second-order valence-corrected chi connectivity index (χ2v) is 5.45. The molecule has 22 heavy (non-hydrogen) atoms. The molecule has 1 heterocycles. The molecule has 1 unspecified atom stereocenters. The smallest absolute Gasteiger partial charge is 0.237 e. The molecule has 1 aromatic rings. The lowest BCUT2D eigenvalue weighted by Crippen LogP contribution is -2.51. The van der Waals surface area contributed by atoms with E-state index in [2.05, 4.69) is 29.4 Å². The van der Waals surface area contributed by atoms with Crippen LogP contribution in [0, 0.1) is 0 Å². The van der Waals surface area contributed by atoms with Crippen LogP contribution in [0.15, 0.2) is 30.3 Å². The number of amides is 1. The molecule has 1 aliphatic heterocycles. The van der Waals surface area contributed by atoms with Gasteiger partial charge in [-0.05, 0) is 12.6 Å². The molecule has 0 radical (unpaired) electrons. The Morgan fingerprint density at radius 1 is 1.32 bits per heavy atom. The number of piperazine rings is 1. The lowest BCUT2D eigenvalue weighted by molar-refractivity contribution is -0.135. The molecule has 0 aromatic heterocycles. The number of ether oxygens (including phenoxy) is 1. The normalized spacial score (nSPS) is 18.8. The summed E-state index contributed by atoms with van der Waals surface area (Å²) >= 11 is 0. The summed E-state index contributed by atoms with van der Waals surface area (Å²) in [5.74, 6) is 0.160. The summed E-state index contributed by atoms with van der Waals surface area (Å²) in [5.41, 5.74) is 1.20. The van der Waals surface area contributed by atoms with Crippen molar-refractivity contribution in [2.75, 3.05) is 53.5 Å². The van der Waals surface area contributed by atoms with E-state index in [0.717, 1.165) is 19.6 Å². The molecule has 1 aliphatic rings. The number of benzene rings is 1. The van der Waals surface area contributed by atoms with Crippen LogP contribution >= 0.6 is 12.4 Å². The molecule has 0 aliphatic carbocycles. The second kappa shape index (κ2) is 9.79. The standard InChI is InChI=1S/C16H25N3O2.ClH/c1-18-9-10-19(16(20)12-17-8-11-21-2)15(13-18)14-6-4-3-5-7-14;/h3-7,15,17H,8-13H2,1-2H3;1H. The van der Waals surface area contributed by atoms with Gasteiger partial charge in [-0.2, -0.15) is 0 Å². The molecule has 1 fully saturated rings. The summed E-state index contributed by atoms with van der Waals surface area (Å²) in [5, 5.41) is 3.14. The first-order valence-electron chi connectivity index (χ1n) is 7.45. The first-order chi connectivity index (χ1) is 10.2. The third kappa shape index (κ3) is 5.25. The fraction of sp³-hybridized carbons (Fsp3) is 0.562. The van der Waals surface area contributed by atoms with Crippen molar-refractivity contribution in [1.82, 2.24) is 15.1 Å². The van der Waals surface area contributed by atoms with Crippen molar-refractivity contribution in [1.29, 1.82) is 0 Å². The van der Waals surface area contributed by atoms with Gasteiger partial charge in [0.2, 0.25) is 5.91 Å². The van der Waals surface area contributed by atoms with Gasteiger partial charge in [-0.1, -0.05) is 30.3 Å². The van der Waals surface area contributed by atoms with Gasteiger partial charge in [-0.3, -0.25) is 4.79 Å². The maximum Gasteiger partial charge on any atom is 0.237 e. The van der Waals surface area contributed by atoms with E-state index in [0.29, 0.717) is 19.7 Å². The molecule has 1 amide bonds. The number of rotatable bonds is 6. The number of nitrogens with one attached hydrogen (secondary N) is 1. The highest BCUT2D eigenvalue weighted by Gasteiger charge is 2.29. The Balaban J connectivity index is 0.00000242. The molecule has 1 saturated heterocycles. The second-order valence-electron chi connectivity index (χ2n) is 5.45. The molecular weight excluding hydrogens is 302 g/mol. The van der Waals surface area contributed by atoms with E-state index in [-0.39, 0.29) is 24.4 Å². The fourth-order valence-corrected chi connectivity index (χ4v) is 2.65. The maximum absolute atomic E-state index is 12.5. The largest absolute Gasteiger partial charge is 0.383 e. The van der Waals surface area contributed by atoms with Crippen LogP contribution in [0.25, 0.3) is 0 Å². The summed E-state index contributed by atoms with van der Waals surface area (Å²) in [4.78, 5) is 16.7. The molecule has 1 atom stereocenters. The van der Waals surface area contributed by atoms with Crippen molar-refractivity contribution in [3.63, 3.8) is 0 Å². The van der Waals surface area contributed by atoms with Crippen molar-refractivity contribution in [3.8, 4) is 0 Å². The summed E-state index contributed by atoms with van der Waals surface area (Å²) in [6.07, 6.45) is 0. The predicted molar refractivity (Wildman–Crippen MR) is 90.4 cm³/mol. The number of carbonyl (C=O) groups excluding carboxylic acids is 1. The highest BCUT2D eigenvalue weighted by molar-refractivity contribution is 5.85. The zero-order chi connectivity index (χ0) is 15.1. The Morgan fingerprint density at radius 2 is 2.05 bits per heavy atom. The quantitative estimate of drug-likeness (QED) is 0.796.